The lowest BCUT2D eigenvalue weighted by molar-refractivity contribution is -0.127. The summed E-state index contributed by atoms with van der Waals surface area (Å²) in [4.78, 5) is 14.0. The van der Waals surface area contributed by atoms with Gasteiger partial charge in [0.15, 0.2) is 0 Å². The van der Waals surface area contributed by atoms with Crippen LogP contribution >= 0.6 is 0 Å². The zero-order valence-corrected chi connectivity index (χ0v) is 14.3. The highest BCUT2D eigenvalue weighted by atomic mass is 16.5. The average molecular weight is 321 g/mol. The van der Waals surface area contributed by atoms with E-state index < -0.39 is 0 Å². The van der Waals surface area contributed by atoms with Crippen molar-refractivity contribution >= 4 is 12.0 Å². The normalized spacial score (nSPS) is 10.9. The third kappa shape index (κ3) is 7.81. The Kier molecular flexibility index (Phi) is 9.75. The van der Waals surface area contributed by atoms with Crippen molar-refractivity contribution in [2.75, 3.05) is 47.1 Å². The minimum Gasteiger partial charge on any atom is -0.494 e. The molecule has 128 valence electrons. The van der Waals surface area contributed by atoms with Crippen LogP contribution in [-0.2, 0) is 14.3 Å². The van der Waals surface area contributed by atoms with Gasteiger partial charge in [0, 0.05) is 33.4 Å². The predicted molar refractivity (Wildman–Crippen MR) is 91.6 cm³/mol. The minimum absolute atomic E-state index is 0.0505. The number of hydrogen-bond acceptors (Lipinski definition) is 4. The molecule has 1 aromatic rings. The first kappa shape index (κ1) is 19.2. The average Bonchev–Trinajstić information content (AvgIpc) is 2.59. The third-order valence-corrected chi connectivity index (χ3v) is 3.21. The molecular weight excluding hydrogens is 294 g/mol. The second-order valence-corrected chi connectivity index (χ2v) is 5.06. The predicted octanol–water partition coefficient (Wildman–Crippen LogP) is 2.61. The molecule has 0 unspecified atom stereocenters. The van der Waals surface area contributed by atoms with E-state index in [4.69, 9.17) is 14.2 Å². The Balaban J connectivity index is 2.59. The van der Waals surface area contributed by atoms with E-state index in [1.54, 1.807) is 31.3 Å². The second-order valence-electron chi connectivity index (χ2n) is 5.06. The fraction of sp³-hybridized carbons (Fsp3) is 0.500. The summed E-state index contributed by atoms with van der Waals surface area (Å²) in [5.74, 6) is 0.794. The number of carbonyl (C=O) groups excluding carboxylic acids is 1. The zero-order chi connectivity index (χ0) is 16.9. The van der Waals surface area contributed by atoms with Crippen LogP contribution < -0.4 is 4.74 Å². The number of hydrogen-bond donors (Lipinski definition) is 0. The van der Waals surface area contributed by atoms with Crippen molar-refractivity contribution in [1.29, 1.82) is 0 Å². The van der Waals surface area contributed by atoms with Crippen molar-refractivity contribution in [1.82, 2.24) is 4.90 Å². The van der Waals surface area contributed by atoms with Gasteiger partial charge < -0.3 is 19.1 Å². The van der Waals surface area contributed by atoms with E-state index in [1.807, 2.05) is 24.3 Å². The molecule has 0 aliphatic carbocycles. The number of nitrogens with zero attached hydrogens (tertiary/aromatic N) is 1. The van der Waals surface area contributed by atoms with E-state index in [-0.39, 0.29) is 5.91 Å². The van der Waals surface area contributed by atoms with Crippen LogP contribution in [0, 0.1) is 0 Å². The topological polar surface area (TPSA) is 48.0 Å². The standard InChI is InChI=1S/C18H27NO4/c1-4-13-23-17-8-5-16(6-9-17)7-10-18(20)19(11-14-21-2)12-15-22-3/h5-10H,4,11-15H2,1-3H3/b10-7+. The Morgan fingerprint density at radius 1 is 1.04 bits per heavy atom. The van der Waals surface area contributed by atoms with E-state index in [9.17, 15) is 4.79 Å². The van der Waals surface area contributed by atoms with Crippen LogP contribution in [0.1, 0.15) is 18.9 Å². The lowest BCUT2D eigenvalue weighted by atomic mass is 10.2. The molecule has 1 aromatic carbocycles. The van der Waals surface area contributed by atoms with E-state index in [0.717, 1.165) is 17.7 Å². The van der Waals surface area contributed by atoms with Crippen molar-refractivity contribution in [2.24, 2.45) is 0 Å². The molecule has 0 spiro atoms. The molecule has 0 N–H and O–H groups in total. The zero-order valence-electron chi connectivity index (χ0n) is 14.3. The molecular formula is C18H27NO4. The third-order valence-electron chi connectivity index (χ3n) is 3.21. The van der Waals surface area contributed by atoms with Crippen LogP contribution in [0.15, 0.2) is 30.3 Å². The van der Waals surface area contributed by atoms with Crippen LogP contribution in [0.2, 0.25) is 0 Å². The Morgan fingerprint density at radius 3 is 2.17 bits per heavy atom. The van der Waals surface area contributed by atoms with Crippen molar-refractivity contribution < 1.29 is 19.0 Å². The van der Waals surface area contributed by atoms with Gasteiger partial charge >= 0.3 is 0 Å². The SMILES string of the molecule is CCCOc1ccc(/C=C/C(=O)N(CCOC)CCOC)cc1. The summed E-state index contributed by atoms with van der Waals surface area (Å²) in [5.41, 5.74) is 0.959. The molecule has 0 aliphatic rings. The first-order valence-electron chi connectivity index (χ1n) is 7.89. The van der Waals surface area contributed by atoms with Gasteiger partial charge in [0.05, 0.1) is 19.8 Å². The second kappa shape index (κ2) is 11.7. The Morgan fingerprint density at radius 2 is 1.65 bits per heavy atom. The molecule has 0 aromatic heterocycles. The maximum atomic E-state index is 12.2. The number of amides is 1. The first-order valence-corrected chi connectivity index (χ1v) is 7.89. The molecule has 23 heavy (non-hydrogen) atoms. The summed E-state index contributed by atoms with van der Waals surface area (Å²) in [7, 11) is 3.24. The Labute approximate surface area is 138 Å². The van der Waals surface area contributed by atoms with Crippen molar-refractivity contribution in [3.8, 4) is 5.75 Å². The molecule has 0 fully saturated rings. The van der Waals surface area contributed by atoms with Gasteiger partial charge in [-0.1, -0.05) is 19.1 Å². The highest BCUT2D eigenvalue weighted by Crippen LogP contribution is 2.13. The molecule has 0 bridgehead atoms. The fourth-order valence-electron chi connectivity index (χ4n) is 1.90. The van der Waals surface area contributed by atoms with Crippen LogP contribution in [0.3, 0.4) is 0 Å². The summed E-state index contributed by atoms with van der Waals surface area (Å²) < 4.78 is 15.6. The number of ether oxygens (including phenoxy) is 3. The molecule has 5 nitrogen and oxygen atoms in total. The van der Waals surface area contributed by atoms with Crippen LogP contribution in [-0.4, -0.2) is 57.9 Å². The first-order chi connectivity index (χ1) is 11.2. The summed E-state index contributed by atoms with van der Waals surface area (Å²) in [5, 5.41) is 0. The molecule has 0 heterocycles. The monoisotopic (exact) mass is 321 g/mol. The molecule has 5 heteroatoms. The van der Waals surface area contributed by atoms with E-state index in [0.29, 0.717) is 32.9 Å². The lowest BCUT2D eigenvalue weighted by Gasteiger charge is -2.20. The molecule has 0 saturated heterocycles. The molecule has 0 saturated carbocycles. The van der Waals surface area contributed by atoms with E-state index in [1.165, 1.54) is 0 Å². The molecule has 0 atom stereocenters. The van der Waals surface area contributed by atoms with Crippen molar-refractivity contribution in [3.63, 3.8) is 0 Å². The minimum atomic E-state index is -0.0505. The number of methoxy groups -OCH3 is 2. The lowest BCUT2D eigenvalue weighted by Crippen LogP contribution is -2.35. The fourth-order valence-corrected chi connectivity index (χ4v) is 1.90. The largest absolute Gasteiger partial charge is 0.494 e. The maximum absolute atomic E-state index is 12.2. The quantitative estimate of drug-likeness (QED) is 0.588. The maximum Gasteiger partial charge on any atom is 0.246 e. The van der Waals surface area contributed by atoms with Crippen molar-refractivity contribution in [2.45, 2.75) is 13.3 Å². The Bertz CT molecular complexity index is 462. The Hall–Kier alpha value is -1.85. The summed E-state index contributed by atoms with van der Waals surface area (Å²) in [6.07, 6.45) is 4.36. The van der Waals surface area contributed by atoms with E-state index in [2.05, 4.69) is 6.92 Å². The summed E-state index contributed by atoms with van der Waals surface area (Å²) in [6, 6.07) is 7.69. The smallest absolute Gasteiger partial charge is 0.246 e. The van der Waals surface area contributed by atoms with Crippen LogP contribution in [0.25, 0.3) is 6.08 Å². The number of rotatable bonds is 11. The molecule has 0 radical (unpaired) electrons. The highest BCUT2D eigenvalue weighted by molar-refractivity contribution is 5.91. The van der Waals surface area contributed by atoms with Gasteiger partial charge in [-0.3, -0.25) is 4.79 Å². The van der Waals surface area contributed by atoms with Gasteiger partial charge in [-0.25, -0.2) is 0 Å². The van der Waals surface area contributed by atoms with Gasteiger partial charge in [0.2, 0.25) is 5.91 Å². The van der Waals surface area contributed by atoms with Gasteiger partial charge in [0.25, 0.3) is 0 Å². The van der Waals surface area contributed by atoms with Gasteiger partial charge in [-0.2, -0.15) is 0 Å². The van der Waals surface area contributed by atoms with Crippen LogP contribution in [0.5, 0.6) is 5.75 Å². The van der Waals surface area contributed by atoms with Gasteiger partial charge in [-0.15, -0.1) is 0 Å². The molecule has 0 aliphatic heterocycles. The highest BCUT2D eigenvalue weighted by Gasteiger charge is 2.09. The van der Waals surface area contributed by atoms with Gasteiger partial charge in [-0.05, 0) is 30.2 Å². The number of benzene rings is 1. The van der Waals surface area contributed by atoms with Gasteiger partial charge in [0.1, 0.15) is 5.75 Å². The molecule has 1 amide bonds. The summed E-state index contributed by atoms with van der Waals surface area (Å²) >= 11 is 0. The summed E-state index contributed by atoms with van der Waals surface area (Å²) in [6.45, 7) is 4.89. The van der Waals surface area contributed by atoms with Crippen molar-refractivity contribution in [3.05, 3.63) is 35.9 Å². The van der Waals surface area contributed by atoms with Crippen LogP contribution in [0.4, 0.5) is 0 Å². The number of carbonyl (C=O) groups is 1. The molecule has 1 rings (SSSR count). The van der Waals surface area contributed by atoms with E-state index >= 15 is 0 Å².